The average Bonchev–Trinajstić information content (AvgIpc) is 2.97. The molecule has 0 aromatic heterocycles. The molecule has 1 amide bonds. The molecule has 84 valence electrons. The first kappa shape index (κ1) is 9.70. The number of anilines is 1. The Balaban J connectivity index is 1.73. The van der Waals surface area contributed by atoms with E-state index >= 15 is 0 Å². The Bertz CT molecular complexity index is 385. The lowest BCUT2D eigenvalue weighted by Crippen LogP contribution is -2.40. The molecule has 2 heterocycles. The molecule has 0 aliphatic carbocycles. The summed E-state index contributed by atoms with van der Waals surface area (Å²) in [5.41, 5.74) is 2.39. The van der Waals surface area contributed by atoms with E-state index in [4.69, 9.17) is 0 Å². The van der Waals surface area contributed by atoms with Gasteiger partial charge in [0.15, 0.2) is 0 Å². The zero-order valence-corrected chi connectivity index (χ0v) is 9.28. The Labute approximate surface area is 95.4 Å². The second-order valence-corrected chi connectivity index (χ2v) is 4.59. The van der Waals surface area contributed by atoms with Crippen LogP contribution in [0.15, 0.2) is 24.3 Å². The minimum absolute atomic E-state index is 0.0319. The summed E-state index contributed by atoms with van der Waals surface area (Å²) in [6.45, 7) is 1.88. The number of rotatable bonds is 1. The number of nitrogens with one attached hydrogen (secondary N) is 1. The van der Waals surface area contributed by atoms with Gasteiger partial charge in [0, 0.05) is 25.2 Å². The minimum atomic E-state index is -0.0319. The van der Waals surface area contributed by atoms with Crippen molar-refractivity contribution in [1.29, 1.82) is 0 Å². The van der Waals surface area contributed by atoms with Gasteiger partial charge in [-0.2, -0.15) is 0 Å². The van der Waals surface area contributed by atoms with E-state index in [9.17, 15) is 4.79 Å². The van der Waals surface area contributed by atoms with Crippen LogP contribution in [0.4, 0.5) is 5.69 Å². The second-order valence-electron chi connectivity index (χ2n) is 4.59. The summed E-state index contributed by atoms with van der Waals surface area (Å²) in [4.78, 5) is 14.2. The van der Waals surface area contributed by atoms with Crippen molar-refractivity contribution in [3.05, 3.63) is 29.8 Å². The van der Waals surface area contributed by atoms with Crippen molar-refractivity contribution in [2.24, 2.45) is 0 Å². The van der Waals surface area contributed by atoms with Crippen molar-refractivity contribution in [2.45, 2.75) is 25.3 Å². The maximum Gasteiger partial charge on any atom is 0.245 e. The highest BCUT2D eigenvalue weighted by Crippen LogP contribution is 2.26. The summed E-state index contributed by atoms with van der Waals surface area (Å²) in [6.07, 6.45) is 3.16. The summed E-state index contributed by atoms with van der Waals surface area (Å²) >= 11 is 0. The van der Waals surface area contributed by atoms with Crippen LogP contribution in [0.3, 0.4) is 0 Å². The Morgan fingerprint density at radius 2 is 2.00 bits per heavy atom. The average molecular weight is 216 g/mol. The molecule has 0 bridgehead atoms. The minimum Gasteiger partial charge on any atom is -0.373 e. The monoisotopic (exact) mass is 216 g/mol. The zero-order valence-electron chi connectivity index (χ0n) is 9.28. The number of benzene rings is 1. The number of hydrogen-bond acceptors (Lipinski definition) is 2. The lowest BCUT2D eigenvalue weighted by molar-refractivity contribution is -0.130. The van der Waals surface area contributed by atoms with Gasteiger partial charge in [-0.1, -0.05) is 18.2 Å². The van der Waals surface area contributed by atoms with Crippen LogP contribution < -0.4 is 5.32 Å². The molecule has 1 saturated heterocycles. The number of fused-ring (bicyclic) bond motifs is 1. The molecular weight excluding hydrogens is 200 g/mol. The van der Waals surface area contributed by atoms with Gasteiger partial charge in [-0.15, -0.1) is 0 Å². The zero-order chi connectivity index (χ0) is 11.0. The molecule has 1 aromatic carbocycles. The van der Waals surface area contributed by atoms with Crippen molar-refractivity contribution < 1.29 is 4.79 Å². The fourth-order valence-electron chi connectivity index (χ4n) is 2.60. The molecule has 2 aliphatic heterocycles. The molecule has 1 unspecified atom stereocenters. The van der Waals surface area contributed by atoms with Crippen LogP contribution >= 0.6 is 0 Å². The molecule has 2 aliphatic rings. The van der Waals surface area contributed by atoms with E-state index in [-0.39, 0.29) is 11.9 Å². The van der Waals surface area contributed by atoms with Crippen LogP contribution in [0.5, 0.6) is 0 Å². The van der Waals surface area contributed by atoms with Crippen molar-refractivity contribution >= 4 is 11.6 Å². The Kier molecular flexibility index (Phi) is 2.31. The van der Waals surface area contributed by atoms with E-state index in [1.807, 2.05) is 23.1 Å². The van der Waals surface area contributed by atoms with Crippen LogP contribution in [0.25, 0.3) is 0 Å². The lowest BCUT2D eigenvalue weighted by atomic mass is 10.1. The first-order chi connectivity index (χ1) is 7.84. The van der Waals surface area contributed by atoms with Crippen LogP contribution in [-0.4, -0.2) is 29.9 Å². The third kappa shape index (κ3) is 1.56. The third-order valence-electron chi connectivity index (χ3n) is 3.49. The molecule has 3 heteroatoms. The number of carbonyl (C=O) groups is 1. The maximum atomic E-state index is 12.2. The largest absolute Gasteiger partial charge is 0.373 e. The SMILES string of the molecule is O=C(C1Cc2ccccc2N1)N1CCCC1. The van der Waals surface area contributed by atoms with E-state index in [0.29, 0.717) is 0 Å². The predicted octanol–water partition coefficient (Wildman–Crippen LogP) is 1.65. The number of nitrogens with zero attached hydrogens (tertiary/aromatic N) is 1. The molecule has 3 nitrogen and oxygen atoms in total. The highest BCUT2D eigenvalue weighted by molar-refractivity contribution is 5.87. The summed E-state index contributed by atoms with van der Waals surface area (Å²) in [5.74, 6) is 0.272. The standard InChI is InChI=1S/C13H16N2O/c16-13(15-7-3-4-8-15)12-9-10-5-1-2-6-11(10)14-12/h1-2,5-6,12,14H,3-4,7-9H2. The summed E-state index contributed by atoms with van der Waals surface area (Å²) in [7, 11) is 0. The number of para-hydroxylation sites is 1. The number of carbonyl (C=O) groups excluding carboxylic acids is 1. The Morgan fingerprint density at radius 1 is 1.25 bits per heavy atom. The van der Waals surface area contributed by atoms with E-state index in [1.54, 1.807) is 0 Å². The Hall–Kier alpha value is -1.51. The smallest absolute Gasteiger partial charge is 0.245 e. The summed E-state index contributed by atoms with van der Waals surface area (Å²) in [5, 5.41) is 3.32. The molecule has 1 atom stereocenters. The maximum absolute atomic E-state index is 12.2. The van der Waals surface area contributed by atoms with Crippen LogP contribution in [0.1, 0.15) is 18.4 Å². The van der Waals surface area contributed by atoms with E-state index in [0.717, 1.165) is 38.0 Å². The lowest BCUT2D eigenvalue weighted by Gasteiger charge is -2.20. The van der Waals surface area contributed by atoms with Crippen molar-refractivity contribution in [3.63, 3.8) is 0 Å². The Morgan fingerprint density at radius 3 is 2.75 bits per heavy atom. The normalized spacial score (nSPS) is 23.0. The first-order valence-electron chi connectivity index (χ1n) is 5.98. The molecule has 1 aromatic rings. The van der Waals surface area contributed by atoms with Crippen molar-refractivity contribution in [1.82, 2.24) is 4.90 Å². The molecule has 16 heavy (non-hydrogen) atoms. The van der Waals surface area contributed by atoms with Gasteiger partial charge >= 0.3 is 0 Å². The van der Waals surface area contributed by atoms with Crippen molar-refractivity contribution in [3.8, 4) is 0 Å². The molecular formula is C13H16N2O. The van der Waals surface area contributed by atoms with E-state index in [2.05, 4.69) is 11.4 Å². The van der Waals surface area contributed by atoms with Gasteiger partial charge in [0.05, 0.1) is 0 Å². The van der Waals surface area contributed by atoms with Gasteiger partial charge in [0.25, 0.3) is 0 Å². The molecule has 0 saturated carbocycles. The second kappa shape index (κ2) is 3.81. The van der Waals surface area contributed by atoms with E-state index in [1.165, 1.54) is 5.56 Å². The highest BCUT2D eigenvalue weighted by atomic mass is 16.2. The van der Waals surface area contributed by atoms with Gasteiger partial charge < -0.3 is 10.2 Å². The first-order valence-corrected chi connectivity index (χ1v) is 5.98. The molecule has 1 N–H and O–H groups in total. The number of hydrogen-bond donors (Lipinski definition) is 1. The fraction of sp³-hybridized carbons (Fsp3) is 0.462. The highest BCUT2D eigenvalue weighted by Gasteiger charge is 2.30. The van der Waals surface area contributed by atoms with Crippen molar-refractivity contribution in [2.75, 3.05) is 18.4 Å². The molecule has 1 fully saturated rings. The van der Waals surface area contributed by atoms with Crippen LogP contribution in [0, 0.1) is 0 Å². The number of likely N-dealkylation sites (tertiary alicyclic amines) is 1. The quantitative estimate of drug-likeness (QED) is 0.774. The van der Waals surface area contributed by atoms with Gasteiger partial charge in [0.2, 0.25) is 5.91 Å². The predicted molar refractivity (Wildman–Crippen MR) is 63.4 cm³/mol. The molecule has 3 rings (SSSR count). The third-order valence-corrected chi connectivity index (χ3v) is 3.49. The van der Waals surface area contributed by atoms with Gasteiger partial charge in [-0.3, -0.25) is 4.79 Å². The van der Waals surface area contributed by atoms with Crippen LogP contribution in [0.2, 0.25) is 0 Å². The van der Waals surface area contributed by atoms with Crippen LogP contribution in [-0.2, 0) is 11.2 Å². The van der Waals surface area contributed by atoms with Gasteiger partial charge in [-0.25, -0.2) is 0 Å². The topological polar surface area (TPSA) is 32.3 Å². The number of amides is 1. The summed E-state index contributed by atoms with van der Waals surface area (Å²) < 4.78 is 0. The van der Waals surface area contributed by atoms with Gasteiger partial charge in [0.1, 0.15) is 6.04 Å². The molecule has 0 radical (unpaired) electrons. The molecule has 0 spiro atoms. The fourth-order valence-corrected chi connectivity index (χ4v) is 2.60. The van der Waals surface area contributed by atoms with E-state index < -0.39 is 0 Å². The van der Waals surface area contributed by atoms with Gasteiger partial charge in [-0.05, 0) is 24.5 Å². The summed E-state index contributed by atoms with van der Waals surface area (Å²) in [6, 6.07) is 8.15.